The van der Waals surface area contributed by atoms with E-state index in [2.05, 4.69) is 0 Å². The lowest BCUT2D eigenvalue weighted by atomic mass is 9.98. The standard InChI is InChI=1S/C27H33ClF3NO4.C2H6/c1-17(20-5-7-21(29)8-6-20)9-15-35-26-24(22(19(3)33)18(2)23(28)25(26)34-4)36-16-14-32-12-10-27(30,31)11-13-32;1-2/h5-8,17H,9-16H2,1-4H3;1-2H3. The van der Waals surface area contributed by atoms with E-state index in [4.69, 9.17) is 25.8 Å². The van der Waals surface area contributed by atoms with E-state index in [1.807, 2.05) is 25.7 Å². The van der Waals surface area contributed by atoms with Crippen LogP contribution in [0.2, 0.25) is 5.02 Å². The van der Waals surface area contributed by atoms with E-state index < -0.39 is 5.92 Å². The molecule has 5 nitrogen and oxygen atoms in total. The average molecular weight is 558 g/mol. The van der Waals surface area contributed by atoms with Crippen molar-refractivity contribution in [2.45, 2.75) is 65.7 Å². The Kier molecular flexibility index (Phi) is 12.2. The number of rotatable bonds is 11. The second-order valence-electron chi connectivity index (χ2n) is 9.20. The van der Waals surface area contributed by atoms with Crippen molar-refractivity contribution in [3.05, 3.63) is 51.8 Å². The van der Waals surface area contributed by atoms with Gasteiger partial charge in [0, 0.05) is 32.5 Å². The summed E-state index contributed by atoms with van der Waals surface area (Å²) in [5.74, 6) is -2.33. The maximum atomic E-state index is 13.5. The molecule has 1 saturated heterocycles. The summed E-state index contributed by atoms with van der Waals surface area (Å²) in [4.78, 5) is 14.5. The normalized spacial score (nSPS) is 15.7. The fourth-order valence-corrected chi connectivity index (χ4v) is 4.58. The average Bonchev–Trinajstić information content (AvgIpc) is 2.89. The van der Waals surface area contributed by atoms with Crippen molar-refractivity contribution in [3.8, 4) is 17.2 Å². The number of nitrogens with zero attached hydrogens (tertiary/aromatic N) is 1. The predicted octanol–water partition coefficient (Wildman–Crippen LogP) is 7.71. The van der Waals surface area contributed by atoms with E-state index >= 15 is 0 Å². The Morgan fingerprint density at radius 3 is 2.18 bits per heavy atom. The van der Waals surface area contributed by atoms with Crippen LogP contribution in [0.1, 0.15) is 74.4 Å². The lowest BCUT2D eigenvalue weighted by molar-refractivity contribution is -0.0564. The molecule has 0 bridgehead atoms. The third-order valence-electron chi connectivity index (χ3n) is 6.58. The summed E-state index contributed by atoms with van der Waals surface area (Å²) in [6.07, 6.45) is 0.247. The van der Waals surface area contributed by atoms with Gasteiger partial charge in [-0.05, 0) is 49.4 Å². The SMILES string of the molecule is CC.COc1c(Cl)c(C)c(C(C)=O)c(OCCN2CCC(F)(F)CC2)c1OCCC(C)c1ccc(F)cc1. The largest absolute Gasteiger partial charge is 0.491 e. The van der Waals surface area contributed by atoms with Crippen LogP contribution in [0.15, 0.2) is 24.3 Å². The molecule has 0 spiro atoms. The third-order valence-corrected chi connectivity index (χ3v) is 7.03. The van der Waals surface area contributed by atoms with Crippen molar-refractivity contribution in [1.82, 2.24) is 4.90 Å². The van der Waals surface area contributed by atoms with Crippen molar-refractivity contribution in [2.24, 2.45) is 0 Å². The molecule has 212 valence electrons. The van der Waals surface area contributed by atoms with Crippen molar-refractivity contribution >= 4 is 17.4 Å². The first-order valence-corrected chi connectivity index (χ1v) is 13.4. The molecule has 2 aromatic carbocycles. The fourth-order valence-electron chi connectivity index (χ4n) is 4.32. The van der Waals surface area contributed by atoms with Crippen LogP contribution in [0.5, 0.6) is 17.2 Å². The van der Waals surface area contributed by atoms with Gasteiger partial charge in [-0.25, -0.2) is 13.2 Å². The molecule has 2 aromatic rings. The first-order valence-electron chi connectivity index (χ1n) is 13.1. The first kappa shape index (κ1) is 31.8. The number of Topliss-reactive ketones (excluding diaryl/α,β-unsaturated/α-hetero) is 1. The smallest absolute Gasteiger partial charge is 0.250 e. The minimum absolute atomic E-state index is 0.0893. The second kappa shape index (κ2) is 14.6. The number of alkyl halides is 2. The Hall–Kier alpha value is -2.45. The van der Waals surface area contributed by atoms with Crippen LogP contribution in [-0.2, 0) is 0 Å². The molecule has 0 N–H and O–H groups in total. The summed E-state index contributed by atoms with van der Waals surface area (Å²) in [7, 11) is 1.46. The van der Waals surface area contributed by atoms with Gasteiger partial charge in [-0.15, -0.1) is 0 Å². The maximum Gasteiger partial charge on any atom is 0.250 e. The van der Waals surface area contributed by atoms with E-state index in [-0.39, 0.29) is 78.9 Å². The van der Waals surface area contributed by atoms with Gasteiger partial charge in [0.1, 0.15) is 12.4 Å². The van der Waals surface area contributed by atoms with Crippen LogP contribution in [-0.4, -0.2) is 56.6 Å². The quantitative estimate of drug-likeness (QED) is 0.265. The molecule has 0 amide bonds. The molecule has 1 atom stereocenters. The topological polar surface area (TPSA) is 48.0 Å². The van der Waals surface area contributed by atoms with Gasteiger partial charge in [0.25, 0.3) is 5.92 Å². The number of halogens is 4. The summed E-state index contributed by atoms with van der Waals surface area (Å²) in [6.45, 7) is 10.6. The molecule has 0 radical (unpaired) electrons. The number of carbonyl (C=O) groups excluding carboxylic acids is 1. The summed E-state index contributed by atoms with van der Waals surface area (Å²) in [6, 6.07) is 6.32. The Morgan fingerprint density at radius 1 is 1.05 bits per heavy atom. The minimum Gasteiger partial charge on any atom is -0.491 e. The Bertz CT molecular complexity index is 1050. The van der Waals surface area contributed by atoms with Crippen LogP contribution < -0.4 is 14.2 Å². The molecule has 3 rings (SSSR count). The second-order valence-corrected chi connectivity index (χ2v) is 9.58. The van der Waals surface area contributed by atoms with Gasteiger partial charge in [0.05, 0.1) is 24.3 Å². The van der Waals surface area contributed by atoms with Gasteiger partial charge < -0.3 is 14.2 Å². The highest BCUT2D eigenvalue weighted by molar-refractivity contribution is 6.34. The molecule has 0 aromatic heterocycles. The number of ketones is 1. The van der Waals surface area contributed by atoms with E-state index in [0.717, 1.165) is 5.56 Å². The summed E-state index contributed by atoms with van der Waals surface area (Å²) in [5, 5.41) is 0.259. The van der Waals surface area contributed by atoms with Crippen molar-refractivity contribution < 1.29 is 32.2 Å². The lowest BCUT2D eigenvalue weighted by Crippen LogP contribution is -2.41. The summed E-state index contributed by atoms with van der Waals surface area (Å²) in [5.41, 5.74) is 1.79. The van der Waals surface area contributed by atoms with E-state index in [1.54, 1.807) is 19.1 Å². The zero-order valence-corrected chi connectivity index (χ0v) is 23.9. The highest BCUT2D eigenvalue weighted by Crippen LogP contribution is 2.48. The molecule has 0 aliphatic carbocycles. The molecular weight excluding hydrogens is 519 g/mol. The monoisotopic (exact) mass is 557 g/mol. The van der Waals surface area contributed by atoms with Crippen LogP contribution >= 0.6 is 11.6 Å². The maximum absolute atomic E-state index is 13.5. The third kappa shape index (κ3) is 8.27. The van der Waals surface area contributed by atoms with E-state index in [0.29, 0.717) is 24.1 Å². The number of methoxy groups -OCH3 is 1. The summed E-state index contributed by atoms with van der Waals surface area (Å²) >= 11 is 6.53. The Balaban J connectivity index is 0.00000247. The zero-order valence-electron chi connectivity index (χ0n) is 23.1. The fraction of sp³-hybridized carbons (Fsp3) is 0.552. The number of hydrogen-bond acceptors (Lipinski definition) is 5. The molecule has 9 heteroatoms. The lowest BCUT2D eigenvalue weighted by Gasteiger charge is -2.31. The number of carbonyl (C=O) groups is 1. The van der Waals surface area contributed by atoms with E-state index in [1.165, 1.54) is 26.2 Å². The molecule has 1 unspecified atom stereocenters. The minimum atomic E-state index is -2.62. The van der Waals surface area contributed by atoms with Gasteiger partial charge in [0.15, 0.2) is 17.3 Å². The number of hydrogen-bond donors (Lipinski definition) is 0. The van der Waals surface area contributed by atoms with Gasteiger partial charge in [0.2, 0.25) is 5.75 Å². The van der Waals surface area contributed by atoms with Crippen molar-refractivity contribution in [1.29, 1.82) is 0 Å². The number of piperidine rings is 1. The van der Waals surface area contributed by atoms with Gasteiger partial charge in [-0.1, -0.05) is 44.5 Å². The highest BCUT2D eigenvalue weighted by Gasteiger charge is 2.34. The number of ether oxygens (including phenoxy) is 3. The molecule has 1 fully saturated rings. The highest BCUT2D eigenvalue weighted by atomic mass is 35.5. The van der Waals surface area contributed by atoms with Crippen molar-refractivity contribution in [2.75, 3.05) is 40.0 Å². The number of likely N-dealkylation sites (tertiary alicyclic amines) is 1. The van der Waals surface area contributed by atoms with Crippen LogP contribution in [0.4, 0.5) is 13.2 Å². The van der Waals surface area contributed by atoms with Gasteiger partial charge in [-0.3, -0.25) is 9.69 Å². The Morgan fingerprint density at radius 2 is 1.63 bits per heavy atom. The summed E-state index contributed by atoms with van der Waals surface area (Å²) < 4.78 is 57.9. The zero-order chi connectivity index (χ0) is 28.5. The van der Waals surface area contributed by atoms with Gasteiger partial charge in [-0.2, -0.15) is 0 Å². The van der Waals surface area contributed by atoms with Crippen LogP contribution in [0.25, 0.3) is 0 Å². The van der Waals surface area contributed by atoms with Crippen LogP contribution in [0, 0.1) is 12.7 Å². The van der Waals surface area contributed by atoms with Crippen LogP contribution in [0.3, 0.4) is 0 Å². The molecule has 1 aliphatic rings. The molecule has 1 aliphatic heterocycles. The van der Waals surface area contributed by atoms with E-state index in [9.17, 15) is 18.0 Å². The molecule has 1 heterocycles. The first-order chi connectivity index (χ1) is 18.0. The predicted molar refractivity (Wildman–Crippen MR) is 145 cm³/mol. The Labute approximate surface area is 229 Å². The van der Waals surface area contributed by atoms with Gasteiger partial charge >= 0.3 is 0 Å². The molecule has 0 saturated carbocycles. The van der Waals surface area contributed by atoms with Crippen molar-refractivity contribution in [3.63, 3.8) is 0 Å². The number of benzene rings is 2. The molecule has 38 heavy (non-hydrogen) atoms. The molecular formula is C29H39ClF3NO4.